The van der Waals surface area contributed by atoms with Crippen molar-refractivity contribution in [2.24, 2.45) is 0 Å². The standard InChI is InChI=1S/C18H19N5O4/c24-14-6-8-22(18(26)19-14)9-7-15(25)23-10-13(11-23)17-20-16(21-27-17)12-4-2-1-3-5-12/h1-5,13H,6-11H2,(H,19,24,26). The molecule has 3 heterocycles. The van der Waals surface area contributed by atoms with Crippen molar-refractivity contribution in [1.29, 1.82) is 0 Å². The predicted molar refractivity (Wildman–Crippen MR) is 93.4 cm³/mol. The average Bonchev–Trinajstić information content (AvgIpc) is 3.10. The molecule has 0 aliphatic carbocycles. The fourth-order valence-electron chi connectivity index (χ4n) is 3.14. The largest absolute Gasteiger partial charge is 0.341 e. The van der Waals surface area contributed by atoms with Crippen molar-refractivity contribution in [3.8, 4) is 11.4 Å². The summed E-state index contributed by atoms with van der Waals surface area (Å²) in [5, 5.41) is 6.25. The van der Waals surface area contributed by atoms with Crippen molar-refractivity contribution >= 4 is 17.8 Å². The van der Waals surface area contributed by atoms with Gasteiger partial charge in [-0.1, -0.05) is 35.5 Å². The van der Waals surface area contributed by atoms with E-state index in [9.17, 15) is 14.4 Å². The van der Waals surface area contributed by atoms with Gasteiger partial charge in [0.05, 0.1) is 5.92 Å². The third kappa shape index (κ3) is 3.67. The van der Waals surface area contributed by atoms with E-state index in [0.29, 0.717) is 37.9 Å². The molecule has 2 saturated heterocycles. The van der Waals surface area contributed by atoms with Crippen molar-refractivity contribution in [3.63, 3.8) is 0 Å². The Hall–Kier alpha value is -3.23. The van der Waals surface area contributed by atoms with E-state index in [2.05, 4.69) is 15.5 Å². The summed E-state index contributed by atoms with van der Waals surface area (Å²) in [7, 11) is 0. The molecule has 0 unspecified atom stereocenters. The minimum atomic E-state index is -0.431. The number of carbonyl (C=O) groups is 3. The fraction of sp³-hybridized carbons (Fsp3) is 0.389. The Morgan fingerprint density at radius 1 is 1.22 bits per heavy atom. The molecule has 0 radical (unpaired) electrons. The highest BCUT2D eigenvalue weighted by atomic mass is 16.5. The normalized spacial score (nSPS) is 17.6. The maximum Gasteiger partial charge on any atom is 0.324 e. The van der Waals surface area contributed by atoms with E-state index in [-0.39, 0.29) is 30.6 Å². The highest BCUT2D eigenvalue weighted by molar-refractivity contribution is 5.96. The van der Waals surface area contributed by atoms with Crippen molar-refractivity contribution < 1.29 is 18.9 Å². The average molecular weight is 369 g/mol. The van der Waals surface area contributed by atoms with Gasteiger partial charge in [0.1, 0.15) is 0 Å². The highest BCUT2D eigenvalue weighted by Gasteiger charge is 2.36. The zero-order valence-corrected chi connectivity index (χ0v) is 14.6. The van der Waals surface area contributed by atoms with Gasteiger partial charge in [0.2, 0.25) is 23.5 Å². The second-order valence-electron chi connectivity index (χ2n) is 6.66. The third-order valence-corrected chi connectivity index (χ3v) is 4.80. The number of carbonyl (C=O) groups excluding carboxylic acids is 3. The maximum atomic E-state index is 12.3. The Kier molecular flexibility index (Phi) is 4.57. The molecule has 2 aliphatic heterocycles. The molecule has 9 nitrogen and oxygen atoms in total. The van der Waals surface area contributed by atoms with Crippen LogP contribution in [0.4, 0.5) is 4.79 Å². The Balaban J connectivity index is 1.26. The molecule has 2 aliphatic rings. The van der Waals surface area contributed by atoms with Crippen LogP contribution in [0.5, 0.6) is 0 Å². The van der Waals surface area contributed by atoms with Gasteiger partial charge >= 0.3 is 6.03 Å². The monoisotopic (exact) mass is 369 g/mol. The van der Waals surface area contributed by atoms with Crippen LogP contribution >= 0.6 is 0 Å². The van der Waals surface area contributed by atoms with Crippen LogP contribution in [0.1, 0.15) is 24.7 Å². The molecule has 9 heteroatoms. The summed E-state index contributed by atoms with van der Waals surface area (Å²) in [5.74, 6) is 0.809. The number of hydrogen-bond acceptors (Lipinski definition) is 6. The number of urea groups is 1. The first kappa shape index (κ1) is 17.2. The number of rotatable bonds is 5. The van der Waals surface area contributed by atoms with E-state index < -0.39 is 6.03 Å². The Morgan fingerprint density at radius 2 is 2.00 bits per heavy atom. The van der Waals surface area contributed by atoms with Crippen LogP contribution in [0.25, 0.3) is 11.4 Å². The van der Waals surface area contributed by atoms with E-state index in [1.807, 2.05) is 30.3 Å². The van der Waals surface area contributed by atoms with Gasteiger partial charge < -0.3 is 14.3 Å². The predicted octanol–water partition coefficient (Wildman–Crippen LogP) is 0.994. The molecular formula is C18H19N5O4. The molecule has 2 fully saturated rings. The molecular weight excluding hydrogens is 350 g/mol. The van der Waals surface area contributed by atoms with Crippen LogP contribution in [-0.2, 0) is 9.59 Å². The molecule has 1 aromatic carbocycles. The molecule has 0 atom stereocenters. The SMILES string of the molecule is O=C1CCN(CCC(=O)N2CC(c3nc(-c4ccccc4)no3)C2)C(=O)N1. The molecule has 4 amide bonds. The Labute approximate surface area is 155 Å². The molecule has 27 heavy (non-hydrogen) atoms. The lowest BCUT2D eigenvalue weighted by Gasteiger charge is -2.37. The summed E-state index contributed by atoms with van der Waals surface area (Å²) in [6.07, 6.45) is 0.500. The van der Waals surface area contributed by atoms with Gasteiger partial charge in [-0.15, -0.1) is 0 Å². The van der Waals surface area contributed by atoms with Gasteiger partial charge in [-0.2, -0.15) is 4.98 Å². The minimum Gasteiger partial charge on any atom is -0.341 e. The Bertz CT molecular complexity index is 860. The summed E-state index contributed by atoms with van der Waals surface area (Å²) in [4.78, 5) is 42.7. The van der Waals surface area contributed by atoms with E-state index in [1.54, 1.807) is 4.90 Å². The first-order valence-electron chi connectivity index (χ1n) is 8.85. The quantitative estimate of drug-likeness (QED) is 0.842. The second-order valence-corrected chi connectivity index (χ2v) is 6.66. The van der Waals surface area contributed by atoms with Crippen molar-refractivity contribution in [3.05, 3.63) is 36.2 Å². The number of benzene rings is 1. The van der Waals surface area contributed by atoms with E-state index in [1.165, 1.54) is 4.90 Å². The van der Waals surface area contributed by atoms with E-state index in [4.69, 9.17) is 4.52 Å². The van der Waals surface area contributed by atoms with Crippen LogP contribution in [0.15, 0.2) is 34.9 Å². The van der Waals surface area contributed by atoms with Crippen LogP contribution < -0.4 is 5.32 Å². The van der Waals surface area contributed by atoms with Gasteiger partial charge in [0, 0.05) is 44.6 Å². The summed E-state index contributed by atoms with van der Waals surface area (Å²) in [6.45, 7) is 1.71. The maximum absolute atomic E-state index is 12.3. The van der Waals surface area contributed by atoms with Crippen molar-refractivity contribution in [2.45, 2.75) is 18.8 Å². The van der Waals surface area contributed by atoms with E-state index in [0.717, 1.165) is 5.56 Å². The highest BCUT2D eigenvalue weighted by Crippen LogP contribution is 2.28. The molecule has 4 rings (SSSR count). The molecule has 0 saturated carbocycles. The number of imide groups is 1. The lowest BCUT2D eigenvalue weighted by molar-refractivity contribution is -0.136. The van der Waals surface area contributed by atoms with Crippen molar-refractivity contribution in [2.75, 3.05) is 26.2 Å². The fourth-order valence-corrected chi connectivity index (χ4v) is 3.14. The van der Waals surface area contributed by atoms with Gasteiger partial charge in [-0.3, -0.25) is 14.9 Å². The minimum absolute atomic E-state index is 0.0289. The third-order valence-electron chi connectivity index (χ3n) is 4.80. The number of amides is 4. The van der Waals surface area contributed by atoms with Crippen LogP contribution in [0, 0.1) is 0 Å². The second kappa shape index (κ2) is 7.18. The summed E-state index contributed by atoms with van der Waals surface area (Å²) in [5.41, 5.74) is 0.887. The number of nitrogens with one attached hydrogen (secondary N) is 1. The molecule has 140 valence electrons. The van der Waals surface area contributed by atoms with Crippen molar-refractivity contribution in [1.82, 2.24) is 25.3 Å². The van der Waals surface area contributed by atoms with Crippen LogP contribution in [0.2, 0.25) is 0 Å². The number of hydrogen-bond donors (Lipinski definition) is 1. The van der Waals surface area contributed by atoms with E-state index >= 15 is 0 Å². The lowest BCUT2D eigenvalue weighted by atomic mass is 9.99. The smallest absolute Gasteiger partial charge is 0.324 e. The summed E-state index contributed by atoms with van der Waals surface area (Å²) < 4.78 is 5.34. The van der Waals surface area contributed by atoms with Crippen LogP contribution in [0.3, 0.4) is 0 Å². The molecule has 0 spiro atoms. The zero-order valence-electron chi connectivity index (χ0n) is 14.6. The zero-order chi connectivity index (χ0) is 18.8. The van der Waals surface area contributed by atoms with Crippen LogP contribution in [-0.4, -0.2) is 64.0 Å². The molecule has 1 N–H and O–H groups in total. The Morgan fingerprint density at radius 3 is 2.74 bits per heavy atom. The molecule has 2 aromatic rings. The first-order chi connectivity index (χ1) is 13.1. The van der Waals surface area contributed by atoms with Gasteiger partial charge in [0.25, 0.3) is 0 Å². The topological polar surface area (TPSA) is 109 Å². The number of likely N-dealkylation sites (tertiary alicyclic amines) is 1. The van der Waals surface area contributed by atoms with Gasteiger partial charge in [-0.05, 0) is 0 Å². The summed E-state index contributed by atoms with van der Waals surface area (Å²) in [6, 6.07) is 9.14. The molecule has 0 bridgehead atoms. The first-order valence-corrected chi connectivity index (χ1v) is 8.85. The molecule has 1 aromatic heterocycles. The van der Waals surface area contributed by atoms with Gasteiger partial charge in [0.15, 0.2) is 0 Å². The summed E-state index contributed by atoms with van der Waals surface area (Å²) >= 11 is 0. The number of aromatic nitrogens is 2. The number of nitrogens with zero attached hydrogens (tertiary/aromatic N) is 4. The lowest BCUT2D eigenvalue weighted by Crippen LogP contribution is -2.52. The van der Waals surface area contributed by atoms with Gasteiger partial charge in [-0.25, -0.2) is 4.79 Å².